The quantitative estimate of drug-likeness (QED) is 0.794. The van der Waals surface area contributed by atoms with E-state index in [2.05, 4.69) is 4.74 Å². The minimum absolute atomic E-state index is 0.0224. The Kier molecular flexibility index (Phi) is 2.72. The van der Waals surface area contributed by atoms with Gasteiger partial charge in [-0.2, -0.15) is 0 Å². The van der Waals surface area contributed by atoms with E-state index in [-0.39, 0.29) is 16.3 Å². The molecule has 0 spiro atoms. The number of carbonyl (C=O) groups is 1. The summed E-state index contributed by atoms with van der Waals surface area (Å²) in [6.07, 6.45) is 0. The summed E-state index contributed by atoms with van der Waals surface area (Å²) in [4.78, 5) is 10.8. The number of hydrogen-bond acceptors (Lipinski definition) is 2. The number of carbonyl (C=O) groups excluding carboxylic acids is 1. The van der Waals surface area contributed by atoms with Crippen molar-refractivity contribution < 1.29 is 13.9 Å². The van der Waals surface area contributed by atoms with Gasteiger partial charge in [0, 0.05) is 0 Å². The number of rotatable bonds is 2. The van der Waals surface area contributed by atoms with Crippen LogP contribution in [0.15, 0.2) is 12.1 Å². The molecule has 2 N–H and O–H groups in total. The van der Waals surface area contributed by atoms with Gasteiger partial charge in [0.05, 0.1) is 17.7 Å². The van der Waals surface area contributed by atoms with Crippen molar-refractivity contribution in [2.24, 2.45) is 5.73 Å². The third kappa shape index (κ3) is 1.89. The molecule has 1 amide bonds. The predicted molar refractivity (Wildman–Crippen MR) is 46.5 cm³/mol. The van der Waals surface area contributed by atoms with Gasteiger partial charge in [0.25, 0.3) is 0 Å². The van der Waals surface area contributed by atoms with Crippen LogP contribution in [0.3, 0.4) is 0 Å². The van der Waals surface area contributed by atoms with Gasteiger partial charge in [-0.1, -0.05) is 11.6 Å². The third-order valence-corrected chi connectivity index (χ3v) is 1.82. The highest BCUT2D eigenvalue weighted by atomic mass is 35.5. The second-order valence-corrected chi connectivity index (χ2v) is 2.74. The maximum Gasteiger partial charge on any atom is 0.250 e. The van der Waals surface area contributed by atoms with Crippen molar-refractivity contribution in [2.75, 3.05) is 7.11 Å². The van der Waals surface area contributed by atoms with Crippen LogP contribution in [-0.4, -0.2) is 13.0 Å². The van der Waals surface area contributed by atoms with E-state index in [1.165, 1.54) is 13.2 Å². The maximum atomic E-state index is 12.9. The molecule has 13 heavy (non-hydrogen) atoms. The average Bonchev–Trinajstić information content (AvgIpc) is 2.03. The Morgan fingerprint density at radius 1 is 1.62 bits per heavy atom. The van der Waals surface area contributed by atoms with Crippen LogP contribution in [0.2, 0.25) is 5.02 Å². The molecular formula is C8H7ClFNO2. The smallest absolute Gasteiger partial charge is 0.250 e. The molecular weight excluding hydrogens is 197 g/mol. The first-order chi connectivity index (χ1) is 6.06. The highest BCUT2D eigenvalue weighted by Crippen LogP contribution is 2.25. The number of halogens is 2. The summed E-state index contributed by atoms with van der Waals surface area (Å²) in [6.45, 7) is 0. The molecule has 1 aromatic rings. The van der Waals surface area contributed by atoms with Crippen LogP contribution in [0.4, 0.5) is 4.39 Å². The Balaban J connectivity index is 3.30. The van der Waals surface area contributed by atoms with Crippen molar-refractivity contribution in [3.63, 3.8) is 0 Å². The van der Waals surface area contributed by atoms with Gasteiger partial charge in [-0.3, -0.25) is 4.79 Å². The average molecular weight is 204 g/mol. The number of hydrogen-bond donors (Lipinski definition) is 1. The van der Waals surface area contributed by atoms with Gasteiger partial charge in [-0.25, -0.2) is 4.39 Å². The van der Waals surface area contributed by atoms with Gasteiger partial charge in [0.15, 0.2) is 11.6 Å². The van der Waals surface area contributed by atoms with Crippen LogP contribution in [0.1, 0.15) is 10.4 Å². The fraction of sp³-hybridized carbons (Fsp3) is 0.125. The van der Waals surface area contributed by atoms with Gasteiger partial charge >= 0.3 is 0 Å². The van der Waals surface area contributed by atoms with Crippen molar-refractivity contribution in [1.29, 1.82) is 0 Å². The highest BCUT2D eigenvalue weighted by Gasteiger charge is 2.12. The zero-order chi connectivity index (χ0) is 10.0. The summed E-state index contributed by atoms with van der Waals surface area (Å²) in [7, 11) is 1.29. The van der Waals surface area contributed by atoms with E-state index in [1.54, 1.807) is 0 Å². The molecule has 0 atom stereocenters. The number of ether oxygens (including phenoxy) is 1. The monoisotopic (exact) mass is 203 g/mol. The molecule has 0 saturated carbocycles. The van der Waals surface area contributed by atoms with E-state index >= 15 is 0 Å². The summed E-state index contributed by atoms with van der Waals surface area (Å²) >= 11 is 5.56. The van der Waals surface area contributed by atoms with Gasteiger partial charge in [-0.15, -0.1) is 0 Å². The van der Waals surface area contributed by atoms with E-state index in [9.17, 15) is 9.18 Å². The van der Waals surface area contributed by atoms with E-state index in [1.807, 2.05) is 0 Å². The molecule has 3 nitrogen and oxygen atoms in total. The Morgan fingerprint density at radius 2 is 2.23 bits per heavy atom. The molecule has 0 radical (unpaired) electrons. The van der Waals surface area contributed by atoms with Crippen molar-refractivity contribution >= 4 is 17.5 Å². The Bertz CT molecular complexity index is 354. The molecule has 0 aliphatic carbocycles. The van der Waals surface area contributed by atoms with Crippen LogP contribution in [0.25, 0.3) is 0 Å². The zero-order valence-electron chi connectivity index (χ0n) is 6.80. The van der Waals surface area contributed by atoms with Crippen molar-refractivity contribution in [1.82, 2.24) is 0 Å². The lowest BCUT2D eigenvalue weighted by atomic mass is 10.2. The van der Waals surface area contributed by atoms with Crippen LogP contribution >= 0.6 is 11.6 Å². The molecule has 0 aliphatic rings. The largest absolute Gasteiger partial charge is 0.494 e. The lowest BCUT2D eigenvalue weighted by Crippen LogP contribution is -2.12. The first-order valence-electron chi connectivity index (χ1n) is 3.39. The Labute approximate surface area is 79.2 Å². The van der Waals surface area contributed by atoms with Crippen molar-refractivity contribution in [3.05, 3.63) is 28.5 Å². The molecule has 1 aromatic carbocycles. The molecule has 0 unspecified atom stereocenters. The maximum absolute atomic E-state index is 12.9. The van der Waals surface area contributed by atoms with Crippen molar-refractivity contribution in [2.45, 2.75) is 0 Å². The lowest BCUT2D eigenvalue weighted by molar-refractivity contribution is 0.1000. The molecule has 0 fully saturated rings. The Hall–Kier alpha value is -1.29. The minimum atomic E-state index is -0.719. The number of methoxy groups -OCH3 is 1. The standard InChI is InChI=1S/C8H7ClFNO2/c1-13-7-2-4(8(11)12)5(9)3-6(7)10/h2-3H,1H3,(H2,11,12). The highest BCUT2D eigenvalue weighted by molar-refractivity contribution is 6.33. The van der Waals surface area contributed by atoms with Crippen LogP contribution in [0, 0.1) is 5.82 Å². The van der Waals surface area contributed by atoms with Gasteiger partial charge in [0.2, 0.25) is 5.91 Å². The molecule has 0 aliphatic heterocycles. The van der Waals surface area contributed by atoms with E-state index in [0.29, 0.717) is 0 Å². The van der Waals surface area contributed by atoms with Crippen molar-refractivity contribution in [3.8, 4) is 5.75 Å². The molecule has 5 heteroatoms. The summed E-state index contributed by atoms with van der Waals surface area (Å²) in [5.41, 5.74) is 5.03. The van der Waals surface area contributed by atoms with Gasteiger partial charge in [0.1, 0.15) is 0 Å². The number of benzene rings is 1. The number of nitrogens with two attached hydrogens (primary N) is 1. The summed E-state index contributed by atoms with van der Waals surface area (Å²) in [5.74, 6) is -1.40. The first kappa shape index (κ1) is 9.80. The zero-order valence-corrected chi connectivity index (χ0v) is 7.56. The summed E-state index contributed by atoms with van der Waals surface area (Å²) in [6, 6.07) is 2.15. The second-order valence-electron chi connectivity index (χ2n) is 2.33. The molecule has 70 valence electrons. The summed E-state index contributed by atoms with van der Waals surface area (Å²) in [5, 5.41) is -0.0224. The third-order valence-electron chi connectivity index (χ3n) is 1.51. The predicted octanol–water partition coefficient (Wildman–Crippen LogP) is 1.59. The minimum Gasteiger partial charge on any atom is -0.494 e. The van der Waals surface area contributed by atoms with E-state index < -0.39 is 11.7 Å². The van der Waals surface area contributed by atoms with Gasteiger partial charge < -0.3 is 10.5 Å². The van der Waals surface area contributed by atoms with E-state index in [4.69, 9.17) is 17.3 Å². The molecule has 0 heterocycles. The molecule has 1 rings (SSSR count). The van der Waals surface area contributed by atoms with Crippen LogP contribution in [-0.2, 0) is 0 Å². The fourth-order valence-electron chi connectivity index (χ4n) is 0.874. The SMILES string of the molecule is COc1cc(C(N)=O)c(Cl)cc1F. The molecule has 0 saturated heterocycles. The normalized spacial score (nSPS) is 9.77. The second kappa shape index (κ2) is 3.62. The van der Waals surface area contributed by atoms with Crippen LogP contribution in [0.5, 0.6) is 5.75 Å². The molecule has 0 bridgehead atoms. The Morgan fingerprint density at radius 3 is 2.69 bits per heavy atom. The fourth-order valence-corrected chi connectivity index (χ4v) is 1.12. The molecule has 0 aromatic heterocycles. The number of primary amides is 1. The summed E-state index contributed by atoms with van der Waals surface area (Å²) < 4.78 is 17.6. The topological polar surface area (TPSA) is 52.3 Å². The van der Waals surface area contributed by atoms with Crippen LogP contribution < -0.4 is 10.5 Å². The first-order valence-corrected chi connectivity index (χ1v) is 3.77. The van der Waals surface area contributed by atoms with Gasteiger partial charge in [-0.05, 0) is 12.1 Å². The van der Waals surface area contributed by atoms with E-state index in [0.717, 1.165) is 6.07 Å². The lowest BCUT2D eigenvalue weighted by Gasteiger charge is -2.04. The number of amides is 1.